The summed E-state index contributed by atoms with van der Waals surface area (Å²) in [6, 6.07) is -1.71. The fourth-order valence-corrected chi connectivity index (χ4v) is 2.65. The summed E-state index contributed by atoms with van der Waals surface area (Å²) < 4.78 is 5.04. The van der Waals surface area contributed by atoms with E-state index >= 15 is 0 Å². The second-order valence-electron chi connectivity index (χ2n) is 6.59. The molecule has 0 aromatic heterocycles. The first-order valence-corrected chi connectivity index (χ1v) is 7.54. The van der Waals surface area contributed by atoms with E-state index in [-0.39, 0.29) is 26.0 Å². The van der Waals surface area contributed by atoms with E-state index in [0.29, 0.717) is 0 Å². The van der Waals surface area contributed by atoms with Gasteiger partial charge in [0.15, 0.2) is 0 Å². The van der Waals surface area contributed by atoms with Crippen molar-refractivity contribution in [3.63, 3.8) is 0 Å². The molecule has 0 radical (unpaired) electrons. The number of carbonyl (C=O) groups excluding carboxylic acids is 2. The second-order valence-corrected chi connectivity index (χ2v) is 6.59. The summed E-state index contributed by atoms with van der Waals surface area (Å²) in [6.07, 6.45) is 0.402. The molecular formula is C13H20N4O7. The molecule has 0 bridgehead atoms. The number of hydrogen-bond donors (Lipinski definition) is 2. The molecule has 11 nitrogen and oxygen atoms in total. The summed E-state index contributed by atoms with van der Waals surface area (Å²) in [7, 11) is 1.42. The van der Waals surface area contributed by atoms with Gasteiger partial charge in [0, 0.05) is 36.3 Å². The average molecular weight is 344 g/mol. The van der Waals surface area contributed by atoms with E-state index in [1.165, 1.54) is 7.11 Å². The molecule has 0 aromatic carbocycles. The molecule has 134 valence electrons. The van der Waals surface area contributed by atoms with Crippen molar-refractivity contribution in [1.82, 2.24) is 10.6 Å². The van der Waals surface area contributed by atoms with Crippen molar-refractivity contribution in [2.45, 2.75) is 37.4 Å². The first kappa shape index (κ1) is 18.0. The van der Waals surface area contributed by atoms with Gasteiger partial charge in [-0.3, -0.25) is 29.8 Å². The van der Waals surface area contributed by atoms with Crippen LogP contribution in [-0.2, 0) is 14.3 Å². The van der Waals surface area contributed by atoms with Crippen LogP contribution in [0.4, 0.5) is 0 Å². The molecule has 0 unspecified atom stereocenters. The lowest BCUT2D eigenvalue weighted by Crippen LogP contribution is -2.57. The molecule has 5 atom stereocenters. The second kappa shape index (κ2) is 6.67. The zero-order chi connectivity index (χ0) is 18.1. The van der Waals surface area contributed by atoms with Gasteiger partial charge < -0.3 is 15.4 Å². The van der Waals surface area contributed by atoms with Crippen molar-refractivity contribution in [1.29, 1.82) is 0 Å². The van der Waals surface area contributed by atoms with Crippen LogP contribution in [-0.4, -0.2) is 59.5 Å². The van der Waals surface area contributed by atoms with Gasteiger partial charge in [-0.1, -0.05) is 0 Å². The van der Waals surface area contributed by atoms with Gasteiger partial charge in [0.1, 0.15) is 11.8 Å². The van der Waals surface area contributed by atoms with E-state index in [9.17, 15) is 29.8 Å². The Morgan fingerprint density at radius 1 is 1.12 bits per heavy atom. The van der Waals surface area contributed by atoms with Crippen LogP contribution in [0.25, 0.3) is 0 Å². The first-order valence-electron chi connectivity index (χ1n) is 7.54. The molecule has 0 aromatic rings. The molecule has 2 N–H and O–H groups in total. The number of rotatable bonds is 9. The van der Waals surface area contributed by atoms with Crippen LogP contribution in [0.2, 0.25) is 0 Å². The molecule has 2 aliphatic carbocycles. The minimum atomic E-state index is -0.954. The van der Waals surface area contributed by atoms with E-state index in [1.807, 2.05) is 0 Å². The number of nitrogens with zero attached hydrogens (tertiary/aromatic N) is 2. The smallest absolute Gasteiger partial charge is 0.230 e. The largest absolute Gasteiger partial charge is 0.382 e. The van der Waals surface area contributed by atoms with Crippen molar-refractivity contribution >= 4 is 11.8 Å². The highest BCUT2D eigenvalue weighted by Gasteiger charge is 2.55. The molecule has 2 aliphatic rings. The third-order valence-electron chi connectivity index (χ3n) is 4.27. The van der Waals surface area contributed by atoms with Crippen molar-refractivity contribution in [2.24, 2.45) is 11.8 Å². The number of carbonyl (C=O) groups is 2. The maximum Gasteiger partial charge on any atom is 0.230 e. The van der Waals surface area contributed by atoms with E-state index in [2.05, 4.69) is 10.6 Å². The van der Waals surface area contributed by atoms with Crippen LogP contribution >= 0.6 is 0 Å². The van der Waals surface area contributed by atoms with Crippen LogP contribution < -0.4 is 10.6 Å². The monoisotopic (exact) mass is 344 g/mol. The van der Waals surface area contributed by atoms with Gasteiger partial charge in [0.05, 0.1) is 12.1 Å². The third kappa shape index (κ3) is 4.16. The fraction of sp³-hybridized carbons (Fsp3) is 0.846. The third-order valence-corrected chi connectivity index (χ3v) is 4.27. The minimum absolute atomic E-state index is 0.0161. The summed E-state index contributed by atoms with van der Waals surface area (Å²) in [5, 5.41) is 26.5. The zero-order valence-electron chi connectivity index (χ0n) is 13.4. The Balaban J connectivity index is 1.86. The van der Waals surface area contributed by atoms with Crippen molar-refractivity contribution in [2.75, 3.05) is 20.3 Å². The molecule has 0 spiro atoms. The molecule has 24 heavy (non-hydrogen) atoms. The summed E-state index contributed by atoms with van der Waals surface area (Å²) >= 11 is 0. The number of nitrogens with one attached hydrogen (secondary N) is 2. The van der Waals surface area contributed by atoms with E-state index in [1.54, 1.807) is 6.92 Å². The SMILES string of the molecule is COC[C@](C)(CNC(=O)[C@@H]1C[C@@H]1[N+](=O)[O-])NC(=O)[C@@H]1C[C@H]1[N+](=O)[O-]. The Labute approximate surface area is 137 Å². The Bertz CT molecular complexity index is 569. The standard InChI is InChI=1S/C13H20N4O7/c1-13(6-24-2,15-12(19)8-4-10(8)17(22)23)5-14-11(18)7-3-9(7)16(20)21/h7-10H,3-6H2,1-2H3,(H,14,18)(H,15,19)/t7-,8-,9+,10-,13+/m1/s1. The number of methoxy groups -OCH3 is 1. The lowest BCUT2D eigenvalue weighted by molar-refractivity contribution is -0.497. The van der Waals surface area contributed by atoms with Gasteiger partial charge in [-0.25, -0.2) is 0 Å². The molecule has 11 heteroatoms. The lowest BCUT2D eigenvalue weighted by atomic mass is 10.0. The molecule has 2 fully saturated rings. The normalized spacial score (nSPS) is 29.9. The van der Waals surface area contributed by atoms with Crippen molar-refractivity contribution in [3.8, 4) is 0 Å². The maximum atomic E-state index is 12.1. The molecule has 2 amide bonds. The van der Waals surface area contributed by atoms with E-state index in [0.717, 1.165) is 0 Å². The van der Waals surface area contributed by atoms with Crippen LogP contribution in [0.1, 0.15) is 19.8 Å². The molecular weight excluding hydrogens is 324 g/mol. The summed E-state index contributed by atoms with van der Waals surface area (Å²) in [5.41, 5.74) is -0.954. The highest BCUT2D eigenvalue weighted by atomic mass is 16.6. The predicted molar refractivity (Wildman–Crippen MR) is 79.2 cm³/mol. The van der Waals surface area contributed by atoms with Crippen LogP contribution in [0.5, 0.6) is 0 Å². The van der Waals surface area contributed by atoms with Crippen LogP contribution in [0, 0.1) is 32.1 Å². The number of ether oxygens (including phenoxy) is 1. The first-order chi connectivity index (χ1) is 11.2. The van der Waals surface area contributed by atoms with Gasteiger partial charge >= 0.3 is 0 Å². The van der Waals surface area contributed by atoms with Gasteiger partial charge in [-0.05, 0) is 6.92 Å². The summed E-state index contributed by atoms with van der Waals surface area (Å²) in [4.78, 5) is 44.2. The van der Waals surface area contributed by atoms with Crippen LogP contribution in [0.15, 0.2) is 0 Å². The summed E-state index contributed by atoms with van der Waals surface area (Å²) in [6.45, 7) is 1.73. The van der Waals surface area contributed by atoms with Crippen molar-refractivity contribution in [3.05, 3.63) is 20.2 Å². The number of nitro groups is 2. The van der Waals surface area contributed by atoms with Crippen LogP contribution in [0.3, 0.4) is 0 Å². The zero-order valence-corrected chi connectivity index (χ0v) is 13.4. The number of hydrogen-bond acceptors (Lipinski definition) is 7. The van der Waals surface area contributed by atoms with Gasteiger partial charge in [0.2, 0.25) is 23.9 Å². The van der Waals surface area contributed by atoms with E-state index in [4.69, 9.17) is 4.74 Å². The molecule has 2 rings (SSSR count). The molecule has 0 heterocycles. The highest BCUT2D eigenvalue weighted by Crippen LogP contribution is 2.34. The quantitative estimate of drug-likeness (QED) is 0.400. The van der Waals surface area contributed by atoms with Gasteiger partial charge in [0.25, 0.3) is 0 Å². The average Bonchev–Trinajstić information content (AvgIpc) is 3.37. The Morgan fingerprint density at radius 2 is 1.62 bits per heavy atom. The Hall–Kier alpha value is -2.30. The summed E-state index contributed by atoms with van der Waals surface area (Å²) in [5.74, 6) is -2.22. The molecule has 2 saturated carbocycles. The highest BCUT2D eigenvalue weighted by molar-refractivity contribution is 5.83. The predicted octanol–water partition coefficient (Wildman–Crippen LogP) is -1.05. The Morgan fingerprint density at radius 3 is 2.04 bits per heavy atom. The van der Waals surface area contributed by atoms with Gasteiger partial charge in [-0.2, -0.15) is 0 Å². The maximum absolute atomic E-state index is 12.1. The lowest BCUT2D eigenvalue weighted by Gasteiger charge is -2.30. The van der Waals surface area contributed by atoms with E-state index < -0.39 is 51.1 Å². The Kier molecular flexibility index (Phi) is 5.02. The minimum Gasteiger partial charge on any atom is -0.382 e. The molecule has 0 saturated heterocycles. The van der Waals surface area contributed by atoms with Gasteiger partial charge in [-0.15, -0.1) is 0 Å². The number of amides is 2. The van der Waals surface area contributed by atoms with Crippen molar-refractivity contribution < 1.29 is 24.2 Å². The molecule has 0 aliphatic heterocycles. The topological polar surface area (TPSA) is 154 Å². The fourth-order valence-electron chi connectivity index (χ4n) is 2.65.